The standard InChI is InChI=1S/C19H25NS/c21-18(20-13-14-4-2-1-3-5-14)19-10-15-6-7-16(11-19)9-17(8-15)12-19/h1-5,15-17H,6-13H2,(H,20,21)/t15-,16+,17?,19?. The van der Waals surface area contributed by atoms with Crippen LogP contribution in [0.15, 0.2) is 30.3 Å². The summed E-state index contributed by atoms with van der Waals surface area (Å²) in [7, 11) is 0. The predicted octanol–water partition coefficient (Wildman–Crippen LogP) is 4.71. The third-order valence-electron chi connectivity index (χ3n) is 6.13. The van der Waals surface area contributed by atoms with Gasteiger partial charge in [0.15, 0.2) is 0 Å². The minimum Gasteiger partial charge on any atom is -0.375 e. The van der Waals surface area contributed by atoms with E-state index in [-0.39, 0.29) is 0 Å². The van der Waals surface area contributed by atoms with Gasteiger partial charge in [0.25, 0.3) is 0 Å². The largest absolute Gasteiger partial charge is 0.375 e. The molecule has 4 fully saturated rings. The number of nitrogens with one attached hydrogen (secondary N) is 1. The number of benzene rings is 1. The zero-order valence-corrected chi connectivity index (χ0v) is 13.5. The Morgan fingerprint density at radius 1 is 1.00 bits per heavy atom. The van der Waals surface area contributed by atoms with Gasteiger partial charge >= 0.3 is 0 Å². The van der Waals surface area contributed by atoms with Gasteiger partial charge in [-0.1, -0.05) is 55.4 Å². The van der Waals surface area contributed by atoms with Crippen molar-refractivity contribution < 1.29 is 0 Å². The van der Waals surface area contributed by atoms with Crippen LogP contribution in [0.4, 0.5) is 0 Å². The van der Waals surface area contributed by atoms with Crippen LogP contribution in [0.2, 0.25) is 0 Å². The molecule has 1 aromatic rings. The lowest BCUT2D eigenvalue weighted by atomic mass is 9.58. The van der Waals surface area contributed by atoms with Crippen LogP contribution in [0.5, 0.6) is 0 Å². The van der Waals surface area contributed by atoms with Gasteiger partial charge in [-0.25, -0.2) is 0 Å². The normalized spacial score (nSPS) is 37.2. The highest BCUT2D eigenvalue weighted by molar-refractivity contribution is 7.80. The molecule has 0 saturated heterocycles. The second-order valence-corrected chi connectivity index (χ2v) is 8.12. The van der Waals surface area contributed by atoms with Gasteiger partial charge in [0, 0.05) is 12.0 Å². The molecule has 1 nitrogen and oxygen atoms in total. The molecule has 4 aliphatic rings. The van der Waals surface area contributed by atoms with Gasteiger partial charge in [-0.15, -0.1) is 0 Å². The fourth-order valence-electron chi connectivity index (χ4n) is 5.44. The van der Waals surface area contributed by atoms with Crippen molar-refractivity contribution in [3.05, 3.63) is 35.9 Å². The number of rotatable bonds is 3. The summed E-state index contributed by atoms with van der Waals surface area (Å²) in [6.07, 6.45) is 9.98. The first kappa shape index (κ1) is 13.8. The van der Waals surface area contributed by atoms with E-state index in [0.29, 0.717) is 5.41 Å². The van der Waals surface area contributed by atoms with Crippen LogP contribution < -0.4 is 5.32 Å². The molecule has 0 aromatic heterocycles. The lowest BCUT2D eigenvalue weighted by Crippen LogP contribution is -2.47. The molecule has 0 radical (unpaired) electrons. The molecule has 0 spiro atoms. The second kappa shape index (κ2) is 5.39. The van der Waals surface area contributed by atoms with Crippen molar-refractivity contribution in [2.24, 2.45) is 23.2 Å². The average Bonchev–Trinajstić information content (AvgIpc) is 2.72. The van der Waals surface area contributed by atoms with Gasteiger partial charge in [0.1, 0.15) is 0 Å². The maximum absolute atomic E-state index is 5.89. The third kappa shape index (κ3) is 2.63. The molecular formula is C19H25NS. The average molecular weight is 299 g/mol. The van der Waals surface area contributed by atoms with Crippen molar-refractivity contribution >= 4 is 17.2 Å². The summed E-state index contributed by atoms with van der Waals surface area (Å²) >= 11 is 5.89. The Morgan fingerprint density at radius 3 is 2.29 bits per heavy atom. The monoisotopic (exact) mass is 299 g/mol. The number of fused-ring (bicyclic) bond motifs is 1. The summed E-state index contributed by atoms with van der Waals surface area (Å²) in [5.41, 5.74) is 1.68. The molecule has 4 bridgehead atoms. The van der Waals surface area contributed by atoms with Crippen molar-refractivity contribution in [2.45, 2.75) is 51.5 Å². The maximum Gasteiger partial charge on any atom is 0.0819 e. The zero-order chi connectivity index (χ0) is 14.3. The van der Waals surface area contributed by atoms with Gasteiger partial charge in [-0.3, -0.25) is 0 Å². The Kier molecular flexibility index (Phi) is 3.53. The second-order valence-electron chi connectivity index (χ2n) is 7.71. The summed E-state index contributed by atoms with van der Waals surface area (Å²) in [4.78, 5) is 1.17. The molecule has 21 heavy (non-hydrogen) atoms. The maximum atomic E-state index is 5.89. The topological polar surface area (TPSA) is 12.0 Å². The molecule has 112 valence electrons. The Bertz CT molecular complexity index is 508. The van der Waals surface area contributed by atoms with E-state index in [2.05, 4.69) is 35.6 Å². The van der Waals surface area contributed by atoms with Crippen LogP contribution in [0.25, 0.3) is 0 Å². The SMILES string of the molecule is S=C(NCc1ccccc1)C12CC3C[C@@H](CC[C@@H](C3)C1)C2. The highest BCUT2D eigenvalue weighted by Gasteiger charge is 2.50. The fraction of sp³-hybridized carbons (Fsp3) is 0.632. The van der Waals surface area contributed by atoms with Crippen LogP contribution in [-0.4, -0.2) is 4.99 Å². The first-order valence-corrected chi connectivity index (χ1v) is 8.97. The van der Waals surface area contributed by atoms with Gasteiger partial charge < -0.3 is 5.32 Å². The molecule has 0 heterocycles. The first-order valence-electron chi connectivity index (χ1n) is 8.56. The zero-order valence-electron chi connectivity index (χ0n) is 12.7. The highest BCUT2D eigenvalue weighted by atomic mass is 32.1. The minimum absolute atomic E-state index is 0.344. The molecule has 1 N–H and O–H groups in total. The summed E-state index contributed by atoms with van der Waals surface area (Å²) in [5.74, 6) is 2.86. The Balaban J connectivity index is 1.48. The van der Waals surface area contributed by atoms with E-state index < -0.39 is 0 Å². The van der Waals surface area contributed by atoms with Crippen LogP contribution >= 0.6 is 12.2 Å². The minimum atomic E-state index is 0.344. The summed E-state index contributed by atoms with van der Waals surface area (Å²) in [6.45, 7) is 0.890. The van der Waals surface area contributed by atoms with Crippen molar-refractivity contribution in [3.63, 3.8) is 0 Å². The van der Waals surface area contributed by atoms with E-state index in [1.165, 1.54) is 55.5 Å². The van der Waals surface area contributed by atoms with Crippen molar-refractivity contribution in [1.29, 1.82) is 0 Å². The fourth-order valence-corrected chi connectivity index (χ4v) is 5.76. The number of thiocarbonyl (C=S) groups is 1. The molecule has 4 aliphatic carbocycles. The lowest BCUT2D eigenvalue weighted by Gasteiger charge is -2.48. The Labute approximate surface area is 133 Å². The smallest absolute Gasteiger partial charge is 0.0819 e. The van der Waals surface area contributed by atoms with E-state index in [9.17, 15) is 0 Å². The van der Waals surface area contributed by atoms with Gasteiger partial charge in [0.05, 0.1) is 4.99 Å². The molecule has 5 rings (SSSR count). The quantitative estimate of drug-likeness (QED) is 0.811. The van der Waals surface area contributed by atoms with E-state index >= 15 is 0 Å². The van der Waals surface area contributed by atoms with Crippen LogP contribution in [-0.2, 0) is 6.54 Å². The molecule has 0 aliphatic heterocycles. The summed E-state index contributed by atoms with van der Waals surface area (Å²) in [5, 5.41) is 3.62. The Morgan fingerprint density at radius 2 is 1.62 bits per heavy atom. The van der Waals surface area contributed by atoms with E-state index in [1.807, 2.05) is 0 Å². The first-order chi connectivity index (χ1) is 10.2. The number of hydrogen-bond donors (Lipinski definition) is 1. The van der Waals surface area contributed by atoms with E-state index in [4.69, 9.17) is 12.2 Å². The van der Waals surface area contributed by atoms with Crippen LogP contribution in [0.3, 0.4) is 0 Å². The van der Waals surface area contributed by atoms with Crippen molar-refractivity contribution in [3.8, 4) is 0 Å². The Hall–Kier alpha value is -0.890. The highest BCUT2D eigenvalue weighted by Crippen LogP contribution is 2.58. The molecule has 4 saturated carbocycles. The molecule has 2 unspecified atom stereocenters. The number of hydrogen-bond acceptors (Lipinski definition) is 1. The molecular weight excluding hydrogens is 274 g/mol. The lowest BCUT2D eigenvalue weighted by molar-refractivity contribution is 0.0895. The summed E-state index contributed by atoms with van der Waals surface area (Å²) < 4.78 is 0. The van der Waals surface area contributed by atoms with Gasteiger partial charge in [0.2, 0.25) is 0 Å². The predicted molar refractivity (Wildman–Crippen MR) is 91.1 cm³/mol. The van der Waals surface area contributed by atoms with Crippen molar-refractivity contribution in [1.82, 2.24) is 5.32 Å². The van der Waals surface area contributed by atoms with Crippen molar-refractivity contribution in [2.75, 3.05) is 0 Å². The molecule has 0 amide bonds. The van der Waals surface area contributed by atoms with Gasteiger partial charge in [-0.2, -0.15) is 0 Å². The molecule has 1 aromatic carbocycles. The molecule has 2 heteroatoms. The van der Waals surface area contributed by atoms with E-state index in [1.54, 1.807) is 0 Å². The third-order valence-corrected chi connectivity index (χ3v) is 6.71. The summed E-state index contributed by atoms with van der Waals surface area (Å²) in [6, 6.07) is 10.7. The molecule has 4 atom stereocenters. The van der Waals surface area contributed by atoms with Crippen LogP contribution in [0.1, 0.15) is 50.5 Å². The van der Waals surface area contributed by atoms with E-state index in [0.717, 1.165) is 24.3 Å². The van der Waals surface area contributed by atoms with Gasteiger partial charge in [-0.05, 0) is 55.4 Å². The van der Waals surface area contributed by atoms with Crippen LogP contribution in [0, 0.1) is 23.2 Å².